The molecule has 4 fully saturated rings. The number of nitrogens with two attached hydrogens (primary N) is 1. The van der Waals surface area contributed by atoms with Crippen LogP contribution in [-0.2, 0) is 9.53 Å². The van der Waals surface area contributed by atoms with Gasteiger partial charge in [-0.1, -0.05) is 6.92 Å². The zero-order valence-electron chi connectivity index (χ0n) is 19.7. The van der Waals surface area contributed by atoms with Crippen molar-refractivity contribution in [2.75, 3.05) is 27.3 Å². The van der Waals surface area contributed by atoms with Gasteiger partial charge in [0.05, 0.1) is 18.8 Å². The first kappa shape index (κ1) is 23.1. The summed E-state index contributed by atoms with van der Waals surface area (Å²) in [7, 11) is 3.52. The van der Waals surface area contributed by atoms with E-state index in [2.05, 4.69) is 12.3 Å². The van der Waals surface area contributed by atoms with Crippen molar-refractivity contribution >= 4 is 5.78 Å². The van der Waals surface area contributed by atoms with E-state index in [0.29, 0.717) is 30.8 Å². The number of hydrogen-bond acceptors (Lipinski definition) is 6. The molecule has 0 spiro atoms. The topological polar surface area (TPSA) is 87.8 Å². The van der Waals surface area contributed by atoms with Crippen molar-refractivity contribution in [1.29, 1.82) is 0 Å². The number of nitrogens with zero attached hydrogens (tertiary/aromatic N) is 1. The SMILES string of the molecule is CNN(/C=C\N)CC(=O)[C@H]1CC[C@H]2[C@@H]3CC[C@H]4C[C@@](O)(COC)CC[C@@H]4[C@H]3CC[C@]12C. The number of methoxy groups -OCH3 is 1. The predicted octanol–water partition coefficient (Wildman–Crippen LogP) is 3.07. The molecule has 0 bridgehead atoms. The van der Waals surface area contributed by atoms with Crippen LogP contribution in [0.4, 0.5) is 0 Å². The average Bonchev–Trinajstić information content (AvgIpc) is 3.10. The molecule has 4 rings (SSSR count). The van der Waals surface area contributed by atoms with Crippen LogP contribution in [0.2, 0.25) is 0 Å². The normalized spacial score (nSPS) is 44.5. The average molecular weight is 434 g/mol. The highest BCUT2D eigenvalue weighted by molar-refractivity contribution is 5.84. The lowest BCUT2D eigenvalue weighted by molar-refractivity contribution is -0.137. The Bertz CT molecular complexity index is 685. The number of fused-ring (bicyclic) bond motifs is 5. The van der Waals surface area contributed by atoms with Crippen LogP contribution in [-0.4, -0.2) is 48.8 Å². The van der Waals surface area contributed by atoms with Crippen LogP contribution in [0.5, 0.6) is 0 Å². The Labute approximate surface area is 187 Å². The molecule has 8 atom stereocenters. The van der Waals surface area contributed by atoms with Crippen molar-refractivity contribution in [1.82, 2.24) is 10.4 Å². The Morgan fingerprint density at radius 3 is 2.65 bits per heavy atom. The molecule has 0 saturated heterocycles. The van der Waals surface area contributed by atoms with Crippen molar-refractivity contribution in [3.05, 3.63) is 12.4 Å². The summed E-state index contributed by atoms with van der Waals surface area (Å²) in [6, 6.07) is 0. The van der Waals surface area contributed by atoms with E-state index in [1.165, 1.54) is 38.3 Å². The van der Waals surface area contributed by atoms with E-state index in [9.17, 15) is 9.90 Å². The molecular weight excluding hydrogens is 390 g/mol. The lowest BCUT2D eigenvalue weighted by Crippen LogP contribution is -2.52. The summed E-state index contributed by atoms with van der Waals surface area (Å²) in [6.07, 6.45) is 13.3. The van der Waals surface area contributed by atoms with Crippen molar-refractivity contribution < 1.29 is 14.6 Å². The van der Waals surface area contributed by atoms with E-state index in [1.807, 2.05) is 7.05 Å². The van der Waals surface area contributed by atoms with Gasteiger partial charge < -0.3 is 20.6 Å². The maximum Gasteiger partial charge on any atom is 0.157 e. The fourth-order valence-corrected chi connectivity index (χ4v) is 8.48. The molecule has 4 aliphatic carbocycles. The summed E-state index contributed by atoms with van der Waals surface area (Å²) in [4.78, 5) is 13.3. The summed E-state index contributed by atoms with van der Waals surface area (Å²) in [5.74, 6) is 4.13. The van der Waals surface area contributed by atoms with Gasteiger partial charge in [0.25, 0.3) is 0 Å². The molecule has 0 radical (unpaired) electrons. The zero-order chi connectivity index (χ0) is 22.2. The lowest BCUT2D eigenvalue weighted by atomic mass is 9.49. The van der Waals surface area contributed by atoms with Crippen LogP contribution in [0.25, 0.3) is 0 Å². The minimum atomic E-state index is -0.617. The summed E-state index contributed by atoms with van der Waals surface area (Å²) in [5, 5.41) is 12.7. The maximum atomic E-state index is 13.3. The minimum absolute atomic E-state index is 0.141. The van der Waals surface area contributed by atoms with Gasteiger partial charge in [0.15, 0.2) is 5.78 Å². The fraction of sp³-hybridized carbons (Fsp3) is 0.880. The molecule has 0 heterocycles. The van der Waals surface area contributed by atoms with Gasteiger partial charge in [0, 0.05) is 32.5 Å². The molecule has 0 aromatic heterocycles. The van der Waals surface area contributed by atoms with Gasteiger partial charge in [-0.2, -0.15) is 0 Å². The lowest BCUT2D eigenvalue weighted by Gasteiger charge is -2.57. The Kier molecular flexibility index (Phi) is 6.72. The molecule has 176 valence electrons. The van der Waals surface area contributed by atoms with Gasteiger partial charge in [0.1, 0.15) is 0 Å². The summed E-state index contributed by atoms with van der Waals surface area (Å²) < 4.78 is 5.32. The van der Waals surface area contributed by atoms with Crippen LogP contribution >= 0.6 is 0 Å². The Morgan fingerprint density at radius 1 is 1.16 bits per heavy atom. The molecule has 0 aliphatic heterocycles. The highest BCUT2D eigenvalue weighted by atomic mass is 16.5. The van der Waals surface area contributed by atoms with Crippen LogP contribution in [0.3, 0.4) is 0 Å². The molecule has 4 saturated carbocycles. The molecule has 6 nitrogen and oxygen atoms in total. The molecule has 4 N–H and O–H groups in total. The second-order valence-corrected chi connectivity index (χ2v) is 11.2. The molecule has 31 heavy (non-hydrogen) atoms. The monoisotopic (exact) mass is 433 g/mol. The van der Waals surface area contributed by atoms with Crippen LogP contribution < -0.4 is 11.2 Å². The maximum absolute atomic E-state index is 13.3. The minimum Gasteiger partial charge on any atom is -0.403 e. The van der Waals surface area contributed by atoms with Crippen molar-refractivity contribution in [3.8, 4) is 0 Å². The largest absolute Gasteiger partial charge is 0.403 e. The standard InChI is InChI=1S/C25H43N3O3/c1-24-10-8-19-18-9-11-25(30,16-31-3)14-17(18)4-5-20(19)21(24)6-7-22(24)23(29)15-28(27-2)13-12-26/h12-13,17-22,27,30H,4-11,14-16,26H2,1-3H3/b13-12-/t17-,18-,19+,20+,21-,22+,24-,25+/m0/s1. The van der Waals surface area contributed by atoms with Crippen molar-refractivity contribution in [2.45, 2.75) is 70.3 Å². The second-order valence-electron chi connectivity index (χ2n) is 11.2. The van der Waals surface area contributed by atoms with Gasteiger partial charge in [0.2, 0.25) is 0 Å². The number of carbonyl (C=O) groups is 1. The molecule has 0 unspecified atom stereocenters. The van der Waals surface area contributed by atoms with E-state index in [-0.39, 0.29) is 11.3 Å². The van der Waals surface area contributed by atoms with Gasteiger partial charge >= 0.3 is 0 Å². The molecule has 6 heteroatoms. The quantitative estimate of drug-likeness (QED) is 0.535. The number of Topliss-reactive ketones (excluding diaryl/α,β-unsaturated/α-hetero) is 1. The summed E-state index contributed by atoms with van der Waals surface area (Å²) in [5.41, 5.74) is 8.10. The summed E-state index contributed by atoms with van der Waals surface area (Å²) in [6.45, 7) is 3.27. The van der Waals surface area contributed by atoms with Crippen LogP contribution in [0.1, 0.15) is 64.7 Å². The van der Waals surface area contributed by atoms with Gasteiger partial charge in [-0.15, -0.1) is 0 Å². The molecule has 0 aromatic rings. The highest BCUT2D eigenvalue weighted by Crippen LogP contribution is 2.64. The molecule has 4 aliphatic rings. The number of hydrazine groups is 1. The number of hydrogen-bond donors (Lipinski definition) is 3. The smallest absolute Gasteiger partial charge is 0.157 e. The third kappa shape index (κ3) is 4.16. The molecular formula is C25H43N3O3. The second kappa shape index (κ2) is 9.03. The van der Waals surface area contributed by atoms with E-state index < -0.39 is 5.60 Å². The first-order valence-electron chi connectivity index (χ1n) is 12.4. The van der Waals surface area contributed by atoms with Crippen molar-refractivity contribution in [2.24, 2.45) is 46.7 Å². The van der Waals surface area contributed by atoms with Gasteiger partial charge in [-0.3, -0.25) is 4.79 Å². The summed E-state index contributed by atoms with van der Waals surface area (Å²) >= 11 is 0. The van der Waals surface area contributed by atoms with Crippen LogP contribution in [0, 0.1) is 40.9 Å². The number of ketones is 1. The van der Waals surface area contributed by atoms with E-state index >= 15 is 0 Å². The third-order valence-corrected chi connectivity index (χ3v) is 9.79. The number of aliphatic hydroxyl groups is 1. The first-order chi connectivity index (χ1) is 14.8. The molecule has 0 amide bonds. The Balaban J connectivity index is 1.44. The van der Waals surface area contributed by atoms with Gasteiger partial charge in [-0.25, -0.2) is 5.43 Å². The predicted molar refractivity (Wildman–Crippen MR) is 122 cm³/mol. The van der Waals surface area contributed by atoms with E-state index in [4.69, 9.17) is 10.5 Å². The molecule has 0 aromatic carbocycles. The van der Waals surface area contributed by atoms with E-state index in [1.54, 1.807) is 18.3 Å². The first-order valence-corrected chi connectivity index (χ1v) is 12.4. The van der Waals surface area contributed by atoms with Crippen molar-refractivity contribution in [3.63, 3.8) is 0 Å². The fourth-order valence-electron chi connectivity index (χ4n) is 8.48. The third-order valence-electron chi connectivity index (χ3n) is 9.79. The zero-order valence-corrected chi connectivity index (χ0v) is 19.7. The Morgan fingerprint density at radius 2 is 1.94 bits per heavy atom. The number of rotatable bonds is 7. The van der Waals surface area contributed by atoms with Gasteiger partial charge in [-0.05, 0) is 92.8 Å². The van der Waals surface area contributed by atoms with Crippen LogP contribution in [0.15, 0.2) is 12.4 Å². The Hall–Kier alpha value is -1.11. The highest BCUT2D eigenvalue weighted by Gasteiger charge is 2.59. The number of carbonyl (C=O) groups excluding carboxylic acids is 1. The number of nitrogens with one attached hydrogen (secondary N) is 1. The van der Waals surface area contributed by atoms with E-state index in [0.717, 1.165) is 43.4 Å². The number of ether oxygens (including phenoxy) is 1.